The minimum atomic E-state index is -0.726. The van der Waals surface area contributed by atoms with E-state index in [4.69, 9.17) is 16.3 Å². The fourth-order valence-electron chi connectivity index (χ4n) is 3.62. The van der Waals surface area contributed by atoms with Crippen molar-refractivity contribution in [2.45, 2.75) is 25.6 Å². The van der Waals surface area contributed by atoms with Gasteiger partial charge in [0.25, 0.3) is 0 Å². The highest BCUT2D eigenvalue weighted by molar-refractivity contribution is 6.30. The van der Waals surface area contributed by atoms with Gasteiger partial charge in [-0.25, -0.2) is 4.39 Å². The first kappa shape index (κ1) is 23.5. The molecule has 2 atom stereocenters. The average Bonchev–Trinajstić information content (AvgIpc) is 2.75. The third-order valence-electron chi connectivity index (χ3n) is 5.33. The minimum Gasteiger partial charge on any atom is -0.488 e. The summed E-state index contributed by atoms with van der Waals surface area (Å²) in [4.78, 5) is 16.6. The van der Waals surface area contributed by atoms with E-state index in [1.807, 2.05) is 12.1 Å². The molecule has 2 aromatic rings. The lowest BCUT2D eigenvalue weighted by Gasteiger charge is -2.40. The predicted octanol–water partition coefficient (Wildman–Crippen LogP) is 2.54. The first-order valence-corrected chi connectivity index (χ1v) is 10.8. The predicted molar refractivity (Wildman–Crippen MR) is 119 cm³/mol. The van der Waals surface area contributed by atoms with Crippen LogP contribution in [0, 0.1) is 5.82 Å². The third-order valence-corrected chi connectivity index (χ3v) is 5.58. The molecule has 0 bridgehead atoms. The smallest absolute Gasteiger partial charge is 0.234 e. The van der Waals surface area contributed by atoms with Gasteiger partial charge in [0.15, 0.2) is 11.6 Å². The van der Waals surface area contributed by atoms with Crippen molar-refractivity contribution in [2.24, 2.45) is 0 Å². The Morgan fingerprint density at radius 2 is 2.00 bits per heavy atom. The molecule has 1 saturated heterocycles. The van der Waals surface area contributed by atoms with E-state index in [-0.39, 0.29) is 24.3 Å². The van der Waals surface area contributed by atoms with Gasteiger partial charge in [-0.3, -0.25) is 14.6 Å². The number of hydrogen-bond acceptors (Lipinski definition) is 5. The maximum absolute atomic E-state index is 13.6. The van der Waals surface area contributed by atoms with Gasteiger partial charge in [0.1, 0.15) is 12.7 Å². The summed E-state index contributed by atoms with van der Waals surface area (Å²) in [5, 5.41) is 13.9. The number of para-hydroxylation sites is 1. The van der Waals surface area contributed by atoms with Crippen molar-refractivity contribution in [1.29, 1.82) is 0 Å². The highest BCUT2D eigenvalue weighted by Crippen LogP contribution is 2.16. The molecule has 31 heavy (non-hydrogen) atoms. The number of benzene rings is 2. The fraction of sp³-hybridized carbons (Fsp3) is 0.435. The number of nitrogens with zero attached hydrogens (tertiary/aromatic N) is 2. The van der Waals surface area contributed by atoms with Crippen LogP contribution in [0.25, 0.3) is 0 Å². The van der Waals surface area contributed by atoms with Gasteiger partial charge < -0.3 is 15.2 Å². The molecule has 3 rings (SSSR count). The minimum absolute atomic E-state index is 0.0195. The second kappa shape index (κ2) is 11.4. The number of halogens is 2. The second-order valence-electron chi connectivity index (χ2n) is 7.88. The highest BCUT2D eigenvalue weighted by atomic mass is 35.5. The zero-order valence-electron chi connectivity index (χ0n) is 17.6. The number of amides is 1. The van der Waals surface area contributed by atoms with Crippen LogP contribution in [-0.4, -0.2) is 72.3 Å². The molecule has 1 aliphatic heterocycles. The Kier molecular flexibility index (Phi) is 8.66. The second-order valence-corrected chi connectivity index (χ2v) is 8.31. The summed E-state index contributed by atoms with van der Waals surface area (Å²) in [7, 11) is 0. The lowest BCUT2D eigenvalue weighted by Crippen LogP contribution is -2.55. The normalized spacial score (nSPS) is 18.5. The maximum Gasteiger partial charge on any atom is 0.234 e. The van der Waals surface area contributed by atoms with Gasteiger partial charge >= 0.3 is 0 Å². The number of piperazine rings is 1. The average molecular weight is 450 g/mol. The number of ether oxygens (including phenoxy) is 1. The van der Waals surface area contributed by atoms with E-state index >= 15 is 0 Å². The van der Waals surface area contributed by atoms with Crippen LogP contribution in [-0.2, 0) is 11.3 Å². The quantitative estimate of drug-likeness (QED) is 0.616. The van der Waals surface area contributed by atoms with Gasteiger partial charge in [-0.05, 0) is 36.8 Å². The van der Waals surface area contributed by atoms with Crippen LogP contribution < -0.4 is 10.1 Å². The Labute approximate surface area is 187 Å². The lowest BCUT2D eigenvalue weighted by atomic mass is 10.1. The van der Waals surface area contributed by atoms with Crippen molar-refractivity contribution < 1.29 is 19.0 Å². The summed E-state index contributed by atoms with van der Waals surface area (Å²) >= 11 is 5.88. The largest absolute Gasteiger partial charge is 0.488 e. The van der Waals surface area contributed by atoms with Crippen LogP contribution in [0.1, 0.15) is 12.5 Å². The van der Waals surface area contributed by atoms with Crippen LogP contribution >= 0.6 is 11.6 Å². The van der Waals surface area contributed by atoms with Gasteiger partial charge in [0.2, 0.25) is 5.91 Å². The van der Waals surface area contributed by atoms with Crippen LogP contribution in [0.3, 0.4) is 0 Å². The summed E-state index contributed by atoms with van der Waals surface area (Å²) < 4.78 is 19.0. The van der Waals surface area contributed by atoms with Crippen LogP contribution in [0.4, 0.5) is 4.39 Å². The zero-order valence-corrected chi connectivity index (χ0v) is 18.4. The number of aliphatic hydroxyl groups excluding tert-OH is 1. The van der Waals surface area contributed by atoms with E-state index in [1.165, 1.54) is 6.07 Å². The standard InChI is InChI=1S/C23H29ClFN3O3/c1-17-13-27(15-23(30)26-12-18-6-8-19(24)9-7-18)10-11-28(17)14-20(29)16-31-22-5-3-2-4-21(22)25/h2-9,17,20,29H,10-16H2,1H3,(H,26,30)/t17-,20+/m0/s1. The summed E-state index contributed by atoms with van der Waals surface area (Å²) in [5.41, 5.74) is 1.00. The van der Waals surface area contributed by atoms with Crippen molar-refractivity contribution in [3.05, 3.63) is 64.9 Å². The van der Waals surface area contributed by atoms with Gasteiger partial charge in [0.05, 0.1) is 6.54 Å². The van der Waals surface area contributed by atoms with E-state index in [2.05, 4.69) is 22.0 Å². The molecule has 8 heteroatoms. The molecule has 0 aromatic heterocycles. The number of rotatable bonds is 9. The molecule has 6 nitrogen and oxygen atoms in total. The van der Waals surface area contributed by atoms with Crippen molar-refractivity contribution in [3.63, 3.8) is 0 Å². The monoisotopic (exact) mass is 449 g/mol. The molecule has 2 N–H and O–H groups in total. The Balaban J connectivity index is 1.37. The molecular formula is C23H29ClFN3O3. The molecular weight excluding hydrogens is 421 g/mol. The topological polar surface area (TPSA) is 65.0 Å². The first-order chi connectivity index (χ1) is 14.9. The third kappa shape index (κ3) is 7.47. The van der Waals surface area contributed by atoms with Crippen molar-refractivity contribution in [2.75, 3.05) is 39.3 Å². The summed E-state index contributed by atoms with van der Waals surface area (Å²) in [5.74, 6) is -0.316. The number of hydrogen-bond donors (Lipinski definition) is 2. The van der Waals surface area contributed by atoms with Gasteiger partial charge in [-0.2, -0.15) is 0 Å². The molecule has 1 heterocycles. The van der Waals surface area contributed by atoms with Crippen molar-refractivity contribution in [3.8, 4) is 5.75 Å². The molecule has 1 amide bonds. The molecule has 0 spiro atoms. The van der Waals surface area contributed by atoms with Gasteiger partial charge in [-0.15, -0.1) is 0 Å². The highest BCUT2D eigenvalue weighted by Gasteiger charge is 2.26. The summed E-state index contributed by atoms with van der Waals surface area (Å²) in [6, 6.07) is 13.7. The van der Waals surface area contributed by atoms with E-state index in [0.717, 1.165) is 25.2 Å². The van der Waals surface area contributed by atoms with Crippen LogP contribution in [0.2, 0.25) is 5.02 Å². The molecule has 1 fully saturated rings. The number of nitrogens with one attached hydrogen (secondary N) is 1. The van der Waals surface area contributed by atoms with Gasteiger partial charge in [0, 0.05) is 43.8 Å². The van der Waals surface area contributed by atoms with Crippen molar-refractivity contribution >= 4 is 17.5 Å². The number of carbonyl (C=O) groups excluding carboxylic acids is 1. The SMILES string of the molecule is C[C@H]1CN(CC(=O)NCc2ccc(Cl)cc2)CCN1C[C@@H](O)COc1ccccc1F. The van der Waals surface area contributed by atoms with Crippen molar-refractivity contribution in [1.82, 2.24) is 15.1 Å². The first-order valence-electron chi connectivity index (χ1n) is 10.4. The Morgan fingerprint density at radius 3 is 2.71 bits per heavy atom. The van der Waals surface area contributed by atoms with E-state index in [9.17, 15) is 14.3 Å². The molecule has 1 aliphatic rings. The Morgan fingerprint density at radius 1 is 1.26 bits per heavy atom. The number of aliphatic hydroxyl groups is 1. The lowest BCUT2D eigenvalue weighted by molar-refractivity contribution is -0.123. The van der Waals surface area contributed by atoms with E-state index in [0.29, 0.717) is 24.7 Å². The fourth-order valence-corrected chi connectivity index (χ4v) is 3.74. The van der Waals surface area contributed by atoms with E-state index < -0.39 is 11.9 Å². The molecule has 2 aromatic carbocycles. The maximum atomic E-state index is 13.6. The molecule has 0 unspecified atom stereocenters. The summed E-state index contributed by atoms with van der Waals surface area (Å²) in [6.45, 7) is 5.55. The zero-order chi connectivity index (χ0) is 22.2. The number of β-amino-alcohol motifs (C(OH)–C–C–N with tert-alkyl or cyclic N) is 1. The van der Waals surface area contributed by atoms with E-state index in [1.54, 1.807) is 30.3 Å². The molecule has 168 valence electrons. The molecule has 0 radical (unpaired) electrons. The molecule has 0 saturated carbocycles. The Hall–Kier alpha value is -2.19. The Bertz CT molecular complexity index is 852. The van der Waals surface area contributed by atoms with Gasteiger partial charge in [-0.1, -0.05) is 35.9 Å². The van der Waals surface area contributed by atoms with Crippen LogP contribution in [0.15, 0.2) is 48.5 Å². The summed E-state index contributed by atoms with van der Waals surface area (Å²) in [6.07, 6.45) is -0.726. The number of carbonyl (C=O) groups is 1. The molecule has 0 aliphatic carbocycles. The van der Waals surface area contributed by atoms with Crippen LogP contribution in [0.5, 0.6) is 5.75 Å².